The molecule has 0 radical (unpaired) electrons. The zero-order valence-corrected chi connectivity index (χ0v) is 10.3. The van der Waals surface area contributed by atoms with E-state index in [0.717, 1.165) is 18.0 Å². The second-order valence-electron chi connectivity index (χ2n) is 3.54. The van der Waals surface area contributed by atoms with Crippen LogP contribution in [0.4, 0.5) is 10.3 Å². The van der Waals surface area contributed by atoms with Crippen LogP contribution in [-0.2, 0) is 0 Å². The van der Waals surface area contributed by atoms with Crippen molar-refractivity contribution in [3.05, 3.63) is 36.3 Å². The first-order chi connectivity index (χ1) is 9.26. The summed E-state index contributed by atoms with van der Waals surface area (Å²) in [6.45, 7) is 0. The molecule has 0 aliphatic carbocycles. The maximum Gasteiger partial charge on any atom is 0.263 e. The van der Waals surface area contributed by atoms with Crippen LogP contribution in [0.2, 0.25) is 0 Å². The Morgan fingerprint density at radius 1 is 1.26 bits per heavy atom. The van der Waals surface area contributed by atoms with E-state index >= 15 is 0 Å². The number of fused-ring (bicyclic) bond motifs is 1. The van der Waals surface area contributed by atoms with Gasteiger partial charge in [-0.15, -0.1) is 0 Å². The molecule has 19 heavy (non-hydrogen) atoms. The van der Waals surface area contributed by atoms with E-state index in [-0.39, 0.29) is 11.0 Å². The van der Waals surface area contributed by atoms with Crippen molar-refractivity contribution in [1.29, 1.82) is 0 Å². The highest BCUT2D eigenvalue weighted by atomic mass is 32.2. The van der Waals surface area contributed by atoms with E-state index in [1.165, 1.54) is 0 Å². The van der Waals surface area contributed by atoms with E-state index in [4.69, 9.17) is 10.3 Å². The van der Waals surface area contributed by atoms with Crippen molar-refractivity contribution in [3.8, 4) is 0 Å². The number of halogens is 1. The van der Waals surface area contributed by atoms with Gasteiger partial charge in [-0.05, 0) is 23.9 Å². The molecule has 1 aromatic carbocycles. The number of oxazole rings is 1. The normalized spacial score (nSPS) is 10.8. The summed E-state index contributed by atoms with van der Waals surface area (Å²) >= 11 is 0.970. The number of rotatable bonds is 3. The lowest BCUT2D eigenvalue weighted by atomic mass is 10.3. The van der Waals surface area contributed by atoms with Crippen LogP contribution in [0.15, 0.2) is 45.1 Å². The van der Waals surface area contributed by atoms with Crippen molar-refractivity contribution in [1.82, 2.24) is 15.0 Å². The summed E-state index contributed by atoms with van der Waals surface area (Å²) in [5, 5.41) is 0.399. The third-order valence-corrected chi connectivity index (χ3v) is 3.13. The van der Waals surface area contributed by atoms with E-state index in [9.17, 15) is 4.39 Å². The lowest BCUT2D eigenvalue weighted by Crippen LogP contribution is -2.11. The van der Waals surface area contributed by atoms with E-state index < -0.39 is 5.82 Å². The summed E-state index contributed by atoms with van der Waals surface area (Å²) in [6, 6.07) is 7.28. The highest BCUT2D eigenvalue weighted by molar-refractivity contribution is 7.99. The Balaban J connectivity index is 1.96. The van der Waals surface area contributed by atoms with Crippen LogP contribution in [0.25, 0.3) is 11.1 Å². The minimum Gasteiger partial charge on any atom is -0.431 e. The smallest absolute Gasteiger partial charge is 0.263 e. The molecule has 6 nitrogen and oxygen atoms in total. The maximum absolute atomic E-state index is 13.6. The molecule has 0 unspecified atom stereocenters. The second-order valence-corrected chi connectivity index (χ2v) is 4.48. The first-order valence-electron chi connectivity index (χ1n) is 5.29. The quantitative estimate of drug-likeness (QED) is 0.431. The van der Waals surface area contributed by atoms with Crippen LogP contribution in [-0.4, -0.2) is 15.0 Å². The topological polar surface area (TPSA) is 89.9 Å². The predicted molar refractivity (Wildman–Crippen MR) is 67.9 cm³/mol. The average Bonchev–Trinajstić information content (AvgIpc) is 2.83. The molecule has 2 aromatic heterocycles. The number of nitrogens with one attached hydrogen (secondary N) is 1. The first kappa shape index (κ1) is 11.9. The van der Waals surface area contributed by atoms with Gasteiger partial charge in [-0.1, -0.05) is 12.1 Å². The number of hydrogen-bond acceptors (Lipinski definition) is 7. The van der Waals surface area contributed by atoms with Crippen LogP contribution >= 0.6 is 11.8 Å². The maximum atomic E-state index is 13.6. The number of nitrogen functional groups attached to an aromatic ring is 1. The number of hydrazine groups is 1. The zero-order valence-electron chi connectivity index (χ0n) is 9.50. The Kier molecular flexibility index (Phi) is 3.02. The van der Waals surface area contributed by atoms with Crippen molar-refractivity contribution in [2.45, 2.75) is 10.2 Å². The molecule has 0 bridgehead atoms. The van der Waals surface area contributed by atoms with Crippen LogP contribution in [0.1, 0.15) is 0 Å². The lowest BCUT2D eigenvalue weighted by Gasteiger charge is -2.01. The molecule has 96 valence electrons. The van der Waals surface area contributed by atoms with Gasteiger partial charge in [0.2, 0.25) is 5.95 Å². The van der Waals surface area contributed by atoms with Gasteiger partial charge < -0.3 is 4.42 Å². The summed E-state index contributed by atoms with van der Waals surface area (Å²) in [7, 11) is 0. The van der Waals surface area contributed by atoms with Gasteiger partial charge in [0.1, 0.15) is 10.5 Å². The van der Waals surface area contributed by atoms with E-state index in [0.29, 0.717) is 16.3 Å². The van der Waals surface area contributed by atoms with Crippen molar-refractivity contribution >= 4 is 28.8 Å². The Labute approximate surface area is 111 Å². The fourth-order valence-corrected chi connectivity index (χ4v) is 2.19. The average molecular weight is 277 g/mol. The molecule has 0 spiro atoms. The molecule has 3 rings (SSSR count). The minimum atomic E-state index is -0.564. The van der Waals surface area contributed by atoms with Crippen molar-refractivity contribution in [3.63, 3.8) is 0 Å². The van der Waals surface area contributed by atoms with Gasteiger partial charge in [-0.25, -0.2) is 25.2 Å². The second kappa shape index (κ2) is 4.82. The fraction of sp³-hybridized carbons (Fsp3) is 0. The SMILES string of the molecule is NNc1ncc(F)c(Sc2nc3ccccc3o2)n1. The van der Waals surface area contributed by atoms with Gasteiger partial charge in [0.15, 0.2) is 11.4 Å². The molecule has 0 aliphatic heterocycles. The third kappa shape index (κ3) is 2.35. The van der Waals surface area contributed by atoms with Crippen molar-refractivity contribution < 1.29 is 8.81 Å². The van der Waals surface area contributed by atoms with E-state index in [1.54, 1.807) is 6.07 Å². The number of aromatic nitrogens is 3. The van der Waals surface area contributed by atoms with E-state index in [2.05, 4.69) is 20.4 Å². The molecule has 3 N–H and O–H groups in total. The highest BCUT2D eigenvalue weighted by Gasteiger charge is 2.13. The molecular weight excluding hydrogens is 269 g/mol. The Hall–Kier alpha value is -2.19. The van der Waals surface area contributed by atoms with Crippen LogP contribution in [0.5, 0.6) is 0 Å². The fourth-order valence-electron chi connectivity index (χ4n) is 1.47. The molecule has 0 aliphatic rings. The van der Waals surface area contributed by atoms with Gasteiger partial charge in [-0.3, -0.25) is 5.43 Å². The van der Waals surface area contributed by atoms with Crippen molar-refractivity contribution in [2.75, 3.05) is 5.43 Å². The molecule has 8 heteroatoms. The number of para-hydroxylation sites is 2. The third-order valence-electron chi connectivity index (χ3n) is 2.30. The standard InChI is InChI=1S/C11H8FN5OS/c12-6-5-14-10(17-13)16-9(6)19-11-15-7-3-1-2-4-8(7)18-11/h1-5H,13H2,(H,14,16,17). The monoisotopic (exact) mass is 277 g/mol. The summed E-state index contributed by atoms with van der Waals surface area (Å²) < 4.78 is 19.0. The van der Waals surface area contributed by atoms with Crippen molar-refractivity contribution in [2.24, 2.45) is 5.84 Å². The summed E-state index contributed by atoms with van der Waals surface area (Å²) in [5.41, 5.74) is 3.59. The number of nitrogens with two attached hydrogens (primary N) is 1. The van der Waals surface area contributed by atoms with Crippen LogP contribution in [0.3, 0.4) is 0 Å². The van der Waals surface area contributed by atoms with Gasteiger partial charge in [0, 0.05) is 0 Å². The van der Waals surface area contributed by atoms with Crippen LogP contribution < -0.4 is 11.3 Å². The molecule has 0 fully saturated rings. The highest BCUT2D eigenvalue weighted by Crippen LogP contribution is 2.30. The molecule has 0 saturated carbocycles. The first-order valence-corrected chi connectivity index (χ1v) is 6.10. The number of hydrogen-bond donors (Lipinski definition) is 2. The molecule has 2 heterocycles. The summed E-state index contributed by atoms with van der Waals surface area (Å²) in [6.07, 6.45) is 1.03. The van der Waals surface area contributed by atoms with Gasteiger partial charge >= 0.3 is 0 Å². The number of nitrogens with zero attached hydrogens (tertiary/aromatic N) is 3. The molecule has 3 aromatic rings. The molecule has 0 amide bonds. The molecular formula is C11H8FN5OS. The van der Waals surface area contributed by atoms with Crippen LogP contribution in [0, 0.1) is 5.82 Å². The minimum absolute atomic E-state index is 0.0921. The van der Waals surface area contributed by atoms with Gasteiger partial charge in [0.25, 0.3) is 5.22 Å². The number of benzene rings is 1. The largest absolute Gasteiger partial charge is 0.431 e. The Bertz CT molecular complexity index is 699. The summed E-state index contributed by atoms with van der Waals surface area (Å²) in [4.78, 5) is 11.8. The summed E-state index contributed by atoms with van der Waals surface area (Å²) in [5.74, 6) is 4.74. The lowest BCUT2D eigenvalue weighted by molar-refractivity contribution is 0.487. The van der Waals surface area contributed by atoms with Gasteiger partial charge in [-0.2, -0.15) is 0 Å². The van der Waals surface area contributed by atoms with E-state index in [1.807, 2.05) is 18.2 Å². The zero-order chi connectivity index (χ0) is 13.2. The number of anilines is 1. The van der Waals surface area contributed by atoms with Gasteiger partial charge in [0.05, 0.1) is 6.20 Å². The Morgan fingerprint density at radius 2 is 2.11 bits per heavy atom. The molecule has 0 atom stereocenters. The molecule has 0 saturated heterocycles. The predicted octanol–water partition coefficient (Wildman–Crippen LogP) is 2.19. The Morgan fingerprint density at radius 3 is 2.89 bits per heavy atom.